The molecule has 0 radical (unpaired) electrons. The number of amides is 2. The second-order valence-electron chi connectivity index (χ2n) is 12.7. The fourth-order valence-electron chi connectivity index (χ4n) is 6.19. The monoisotopic (exact) mass is 682 g/mol. The van der Waals surface area contributed by atoms with E-state index in [0.29, 0.717) is 22.7 Å². The van der Waals surface area contributed by atoms with Gasteiger partial charge in [0.15, 0.2) is 6.61 Å². The van der Waals surface area contributed by atoms with Crippen molar-refractivity contribution in [1.29, 1.82) is 0 Å². The molecular formula is C39H46N2O7Si. The third-order valence-corrected chi connectivity index (χ3v) is 13.4. The minimum Gasteiger partial charge on any atom is -0.497 e. The first-order chi connectivity index (χ1) is 23.4. The average molecular weight is 683 g/mol. The zero-order chi connectivity index (χ0) is 35.6. The molecule has 4 aromatic carbocycles. The van der Waals surface area contributed by atoms with Gasteiger partial charge in [0.2, 0.25) is 5.91 Å². The number of benzene rings is 4. The van der Waals surface area contributed by atoms with Gasteiger partial charge in [0.1, 0.15) is 11.5 Å². The van der Waals surface area contributed by atoms with Crippen LogP contribution in [0.15, 0.2) is 103 Å². The van der Waals surface area contributed by atoms with Crippen molar-refractivity contribution in [2.75, 3.05) is 32.8 Å². The minimum absolute atomic E-state index is 0.0646. The van der Waals surface area contributed by atoms with Gasteiger partial charge in [-0.3, -0.25) is 14.4 Å². The predicted molar refractivity (Wildman–Crippen MR) is 194 cm³/mol. The molecule has 9 nitrogen and oxygen atoms in total. The minimum atomic E-state index is -3.08. The summed E-state index contributed by atoms with van der Waals surface area (Å²) in [6, 6.07) is 32.6. The van der Waals surface area contributed by atoms with Gasteiger partial charge >= 0.3 is 5.97 Å². The van der Waals surface area contributed by atoms with Crippen LogP contribution in [0.25, 0.3) is 0 Å². The van der Waals surface area contributed by atoms with Gasteiger partial charge < -0.3 is 28.9 Å². The molecular weight excluding hydrogens is 637 g/mol. The van der Waals surface area contributed by atoms with E-state index in [1.54, 1.807) is 24.1 Å². The Labute approximate surface area is 290 Å². The summed E-state index contributed by atoms with van der Waals surface area (Å²) in [6.07, 6.45) is 0. The smallest absolute Gasteiger partial charge is 0.303 e. The summed E-state index contributed by atoms with van der Waals surface area (Å²) >= 11 is 0. The summed E-state index contributed by atoms with van der Waals surface area (Å²) in [5, 5.41) is 4.68. The lowest BCUT2D eigenvalue weighted by Crippen LogP contribution is -2.67. The molecule has 0 aliphatic rings. The van der Waals surface area contributed by atoms with E-state index < -0.39 is 32.8 Å². The summed E-state index contributed by atoms with van der Waals surface area (Å²) in [7, 11) is 0.0360. The normalized spacial score (nSPS) is 12.1. The highest BCUT2D eigenvalue weighted by Crippen LogP contribution is 2.41. The second-order valence-corrected chi connectivity index (χ2v) is 17.1. The van der Waals surface area contributed by atoms with Crippen molar-refractivity contribution in [3.8, 4) is 11.5 Å². The van der Waals surface area contributed by atoms with Gasteiger partial charge in [-0.05, 0) is 39.2 Å². The first-order valence-electron chi connectivity index (χ1n) is 16.2. The summed E-state index contributed by atoms with van der Waals surface area (Å²) in [5.41, 5.74) is 1.90. The quantitative estimate of drug-likeness (QED) is 0.131. The lowest BCUT2D eigenvalue weighted by atomic mass is 10.0. The Morgan fingerprint density at radius 2 is 1.37 bits per heavy atom. The fraction of sp³-hybridized carbons (Fsp3) is 0.308. The van der Waals surface area contributed by atoms with Crippen LogP contribution in [0.1, 0.15) is 51.8 Å². The first kappa shape index (κ1) is 36.9. The summed E-state index contributed by atoms with van der Waals surface area (Å²) < 4.78 is 24.0. The predicted octanol–water partition coefficient (Wildman–Crippen LogP) is 5.87. The largest absolute Gasteiger partial charge is 0.497 e. The van der Waals surface area contributed by atoms with Crippen molar-refractivity contribution in [3.63, 3.8) is 0 Å². The Morgan fingerprint density at radius 1 is 0.776 bits per heavy atom. The van der Waals surface area contributed by atoms with Crippen LogP contribution >= 0.6 is 0 Å². The zero-order valence-electron chi connectivity index (χ0n) is 29.3. The number of nitrogens with zero attached hydrogens (tertiary/aromatic N) is 1. The van der Waals surface area contributed by atoms with Crippen LogP contribution in [0.2, 0.25) is 5.04 Å². The topological polar surface area (TPSA) is 103 Å². The molecule has 0 saturated carbocycles. The van der Waals surface area contributed by atoms with Crippen molar-refractivity contribution < 1.29 is 33.0 Å². The number of esters is 1. The van der Waals surface area contributed by atoms with Crippen LogP contribution in [-0.2, 0) is 30.1 Å². The molecule has 1 N–H and O–H groups in total. The van der Waals surface area contributed by atoms with Crippen molar-refractivity contribution in [3.05, 3.63) is 114 Å². The molecule has 0 spiro atoms. The van der Waals surface area contributed by atoms with E-state index in [-0.39, 0.29) is 24.1 Å². The maximum atomic E-state index is 14.2. The number of rotatable bonds is 14. The van der Waals surface area contributed by atoms with Gasteiger partial charge in [0.05, 0.1) is 32.6 Å². The number of para-hydroxylation sites is 1. The molecule has 0 bridgehead atoms. The highest BCUT2D eigenvalue weighted by Gasteiger charge is 2.51. The maximum Gasteiger partial charge on any atom is 0.303 e. The number of hydrogen-bond donors (Lipinski definition) is 1. The number of ether oxygens (including phenoxy) is 3. The number of hydrogen-bond acceptors (Lipinski definition) is 7. The number of methoxy groups -OCH3 is 2. The van der Waals surface area contributed by atoms with Gasteiger partial charge in [-0.15, -0.1) is 0 Å². The van der Waals surface area contributed by atoms with Crippen molar-refractivity contribution in [2.24, 2.45) is 0 Å². The van der Waals surface area contributed by atoms with E-state index in [9.17, 15) is 14.4 Å². The van der Waals surface area contributed by atoms with Crippen molar-refractivity contribution in [2.45, 2.75) is 52.2 Å². The fourth-order valence-corrected chi connectivity index (χ4v) is 10.8. The number of carbonyl (C=O) groups is 3. The van der Waals surface area contributed by atoms with E-state index in [2.05, 4.69) is 50.4 Å². The lowest BCUT2D eigenvalue weighted by molar-refractivity contribution is -0.152. The SMILES string of the molecule is COc1ccc(CN(C(=O)COC(C)=O)[C@@H](CO[Si](c2ccccc2)(c2ccccc2)C(C)(C)C)c2cccc(NC(C)=O)c2OC)cc1. The standard InChI is InChI=1S/C39H46N2O7Si/c1-28(42)40-35-20-14-19-34(38(35)46-7)36(41(37(44)27-47-29(2)43)25-30-21-23-31(45-6)24-22-30)26-48-49(39(3,4)5,32-15-10-8-11-16-32)33-17-12-9-13-18-33/h8-24,36H,25-27H2,1-7H3,(H,40,42)/t36-/m0/s1. The third-order valence-electron chi connectivity index (χ3n) is 8.40. The van der Waals surface area contributed by atoms with Gasteiger partial charge in [-0.2, -0.15) is 0 Å². The van der Waals surface area contributed by atoms with E-state index in [1.807, 2.05) is 66.7 Å². The molecule has 10 heteroatoms. The second kappa shape index (κ2) is 16.4. The summed E-state index contributed by atoms with van der Waals surface area (Å²) in [6.45, 7) is 9.02. The Hall–Kier alpha value is -4.93. The van der Waals surface area contributed by atoms with Crippen LogP contribution < -0.4 is 25.2 Å². The molecule has 0 saturated heterocycles. The van der Waals surface area contributed by atoms with Crippen LogP contribution in [0.3, 0.4) is 0 Å². The Bertz CT molecular complexity index is 1670. The molecule has 0 aliphatic heterocycles. The van der Waals surface area contributed by atoms with Gasteiger partial charge in [0.25, 0.3) is 14.2 Å². The summed E-state index contributed by atoms with van der Waals surface area (Å²) in [4.78, 5) is 39.9. The highest BCUT2D eigenvalue weighted by molar-refractivity contribution is 6.99. The van der Waals surface area contributed by atoms with Crippen LogP contribution in [-0.4, -0.2) is 58.4 Å². The third kappa shape index (κ3) is 8.76. The van der Waals surface area contributed by atoms with E-state index in [1.165, 1.54) is 21.0 Å². The molecule has 2 amide bonds. The molecule has 4 rings (SSSR count). The number of nitrogens with one attached hydrogen (secondary N) is 1. The van der Waals surface area contributed by atoms with Crippen LogP contribution in [0.4, 0.5) is 5.69 Å². The van der Waals surface area contributed by atoms with Gasteiger partial charge in [-0.1, -0.05) is 106 Å². The lowest BCUT2D eigenvalue weighted by Gasteiger charge is -2.44. The molecule has 0 aliphatic carbocycles. The van der Waals surface area contributed by atoms with E-state index in [4.69, 9.17) is 18.6 Å². The Balaban J connectivity index is 1.95. The molecule has 0 unspecified atom stereocenters. The van der Waals surface area contributed by atoms with Crippen LogP contribution in [0, 0.1) is 0 Å². The Kier molecular flexibility index (Phi) is 12.4. The zero-order valence-corrected chi connectivity index (χ0v) is 30.3. The maximum absolute atomic E-state index is 14.2. The van der Waals surface area contributed by atoms with Crippen molar-refractivity contribution >= 4 is 42.2 Å². The van der Waals surface area contributed by atoms with Crippen molar-refractivity contribution in [1.82, 2.24) is 4.90 Å². The molecule has 49 heavy (non-hydrogen) atoms. The summed E-state index contributed by atoms with van der Waals surface area (Å²) in [5.74, 6) is -0.180. The van der Waals surface area contributed by atoms with E-state index in [0.717, 1.165) is 15.9 Å². The molecule has 1 atom stereocenters. The molecule has 258 valence electrons. The van der Waals surface area contributed by atoms with E-state index >= 15 is 0 Å². The number of carbonyl (C=O) groups excluding carboxylic acids is 3. The van der Waals surface area contributed by atoms with Crippen LogP contribution in [0.5, 0.6) is 11.5 Å². The Morgan fingerprint density at radius 3 is 1.86 bits per heavy atom. The first-order valence-corrected chi connectivity index (χ1v) is 18.1. The molecule has 0 heterocycles. The van der Waals surface area contributed by atoms with Gasteiger partial charge in [0, 0.05) is 26.0 Å². The number of anilines is 1. The molecule has 4 aromatic rings. The molecule has 0 fully saturated rings. The highest BCUT2D eigenvalue weighted by atomic mass is 28.4. The average Bonchev–Trinajstić information content (AvgIpc) is 3.08. The molecule has 0 aromatic heterocycles. The van der Waals surface area contributed by atoms with Gasteiger partial charge in [-0.25, -0.2) is 0 Å².